The lowest BCUT2D eigenvalue weighted by Crippen LogP contribution is -2.21. The van der Waals surface area contributed by atoms with Crippen LogP contribution < -0.4 is 15.8 Å². The first-order chi connectivity index (χ1) is 11.7. The van der Waals surface area contributed by atoms with Crippen LogP contribution in [-0.4, -0.2) is 12.0 Å². The van der Waals surface area contributed by atoms with Crippen LogP contribution in [0.5, 0.6) is 5.75 Å². The molecule has 0 aliphatic heterocycles. The molecule has 0 heterocycles. The number of nitrogens with one attached hydrogen (secondary N) is 1. The number of hydrogen-bond donors (Lipinski definition) is 2. The van der Waals surface area contributed by atoms with E-state index in [1.54, 1.807) is 0 Å². The van der Waals surface area contributed by atoms with Gasteiger partial charge in [-0.3, -0.25) is 4.79 Å². The summed E-state index contributed by atoms with van der Waals surface area (Å²) in [6, 6.07) is 17.0. The summed E-state index contributed by atoms with van der Waals surface area (Å²) in [4.78, 5) is 12.3. The lowest BCUT2D eigenvalue weighted by Gasteiger charge is -2.17. The molecule has 1 fully saturated rings. The fraction of sp³-hybridized carbons (Fsp3) is 0.350. The summed E-state index contributed by atoms with van der Waals surface area (Å²) in [6.07, 6.45) is 5.09. The third-order valence-corrected chi connectivity index (χ3v) is 4.39. The predicted octanol–water partition coefficient (Wildman–Crippen LogP) is 4.04. The van der Waals surface area contributed by atoms with Crippen LogP contribution in [0, 0.1) is 0 Å². The molecular formula is C20H24N2O2. The van der Waals surface area contributed by atoms with E-state index in [9.17, 15) is 4.79 Å². The van der Waals surface area contributed by atoms with Gasteiger partial charge in [0.2, 0.25) is 5.91 Å². The Morgan fingerprint density at radius 3 is 2.50 bits per heavy atom. The lowest BCUT2D eigenvalue weighted by atomic mass is 10.0. The zero-order valence-corrected chi connectivity index (χ0v) is 13.8. The van der Waals surface area contributed by atoms with E-state index in [1.165, 1.54) is 12.8 Å². The average Bonchev–Trinajstić information content (AvgIpc) is 3.10. The SMILES string of the molecule is NC(CC(=O)Nc1ccccc1OC1CCCC1)c1ccccc1. The largest absolute Gasteiger partial charge is 0.488 e. The number of nitrogens with two attached hydrogens (primary N) is 1. The Labute approximate surface area is 143 Å². The van der Waals surface area contributed by atoms with Gasteiger partial charge in [0, 0.05) is 12.5 Å². The summed E-state index contributed by atoms with van der Waals surface area (Å²) < 4.78 is 6.05. The smallest absolute Gasteiger partial charge is 0.226 e. The molecule has 0 aromatic heterocycles. The molecule has 2 aromatic carbocycles. The molecule has 1 saturated carbocycles. The summed E-state index contributed by atoms with van der Waals surface area (Å²) in [5.74, 6) is 0.639. The summed E-state index contributed by atoms with van der Waals surface area (Å²) in [5.41, 5.74) is 7.81. The Balaban J connectivity index is 1.61. The number of ether oxygens (including phenoxy) is 1. The third kappa shape index (κ3) is 4.36. The second-order valence-corrected chi connectivity index (χ2v) is 6.29. The molecule has 0 spiro atoms. The van der Waals surface area contributed by atoms with Crippen LogP contribution in [0.3, 0.4) is 0 Å². The molecule has 4 heteroatoms. The number of rotatable bonds is 6. The second-order valence-electron chi connectivity index (χ2n) is 6.29. The van der Waals surface area contributed by atoms with Crippen molar-refractivity contribution in [3.05, 3.63) is 60.2 Å². The van der Waals surface area contributed by atoms with E-state index in [-0.39, 0.29) is 24.5 Å². The van der Waals surface area contributed by atoms with E-state index in [0.717, 1.165) is 29.8 Å². The first-order valence-electron chi connectivity index (χ1n) is 8.58. The highest BCUT2D eigenvalue weighted by Gasteiger charge is 2.19. The van der Waals surface area contributed by atoms with E-state index in [1.807, 2.05) is 54.6 Å². The van der Waals surface area contributed by atoms with Crippen molar-refractivity contribution in [1.29, 1.82) is 0 Å². The van der Waals surface area contributed by atoms with Gasteiger partial charge in [-0.25, -0.2) is 0 Å². The van der Waals surface area contributed by atoms with E-state index >= 15 is 0 Å². The van der Waals surface area contributed by atoms with Crippen LogP contribution in [0.4, 0.5) is 5.69 Å². The molecule has 1 aliphatic carbocycles. The summed E-state index contributed by atoms with van der Waals surface area (Å²) >= 11 is 0. The van der Waals surface area contributed by atoms with Crippen molar-refractivity contribution in [2.75, 3.05) is 5.32 Å². The highest BCUT2D eigenvalue weighted by Crippen LogP contribution is 2.30. The van der Waals surface area contributed by atoms with Gasteiger partial charge in [0.05, 0.1) is 11.8 Å². The quantitative estimate of drug-likeness (QED) is 0.843. The van der Waals surface area contributed by atoms with Crippen molar-refractivity contribution in [1.82, 2.24) is 0 Å². The van der Waals surface area contributed by atoms with Gasteiger partial charge in [-0.1, -0.05) is 42.5 Å². The maximum Gasteiger partial charge on any atom is 0.226 e. The molecule has 4 nitrogen and oxygen atoms in total. The number of carbonyl (C=O) groups excluding carboxylic acids is 1. The minimum absolute atomic E-state index is 0.103. The molecule has 1 atom stereocenters. The van der Waals surface area contributed by atoms with Gasteiger partial charge in [-0.15, -0.1) is 0 Å². The van der Waals surface area contributed by atoms with Gasteiger partial charge in [0.1, 0.15) is 5.75 Å². The predicted molar refractivity (Wildman–Crippen MR) is 95.9 cm³/mol. The number of hydrogen-bond acceptors (Lipinski definition) is 3. The van der Waals surface area contributed by atoms with Gasteiger partial charge < -0.3 is 15.8 Å². The first kappa shape index (κ1) is 16.5. The number of para-hydroxylation sites is 2. The average molecular weight is 324 g/mol. The fourth-order valence-corrected chi connectivity index (χ4v) is 3.08. The molecule has 3 N–H and O–H groups in total. The molecule has 126 valence electrons. The first-order valence-corrected chi connectivity index (χ1v) is 8.58. The number of carbonyl (C=O) groups is 1. The fourth-order valence-electron chi connectivity index (χ4n) is 3.08. The standard InChI is InChI=1S/C20H24N2O2/c21-17(15-8-2-1-3-9-15)14-20(23)22-18-12-6-7-13-19(18)24-16-10-4-5-11-16/h1-3,6-9,12-13,16-17H,4-5,10-11,14,21H2,(H,22,23). The summed E-state index contributed by atoms with van der Waals surface area (Å²) in [5, 5.41) is 2.94. The maximum atomic E-state index is 12.3. The molecule has 0 saturated heterocycles. The highest BCUT2D eigenvalue weighted by atomic mass is 16.5. The molecule has 24 heavy (non-hydrogen) atoms. The maximum absolute atomic E-state index is 12.3. The molecule has 0 bridgehead atoms. The van der Waals surface area contributed by atoms with Crippen molar-refractivity contribution in [2.24, 2.45) is 5.73 Å². The Bertz CT molecular complexity index is 666. The second kappa shape index (κ2) is 7.97. The third-order valence-electron chi connectivity index (χ3n) is 4.39. The van der Waals surface area contributed by atoms with E-state index in [2.05, 4.69) is 5.32 Å². The zero-order valence-electron chi connectivity index (χ0n) is 13.8. The van der Waals surface area contributed by atoms with Crippen LogP contribution in [0.2, 0.25) is 0 Å². The molecule has 3 rings (SSSR count). The number of anilines is 1. The van der Waals surface area contributed by atoms with Gasteiger partial charge in [0.15, 0.2) is 0 Å². The lowest BCUT2D eigenvalue weighted by molar-refractivity contribution is -0.116. The van der Waals surface area contributed by atoms with Crippen molar-refractivity contribution >= 4 is 11.6 Å². The minimum Gasteiger partial charge on any atom is -0.488 e. The van der Waals surface area contributed by atoms with Crippen LogP contribution in [0.1, 0.15) is 43.7 Å². The van der Waals surface area contributed by atoms with Gasteiger partial charge in [0.25, 0.3) is 0 Å². The van der Waals surface area contributed by atoms with Crippen molar-refractivity contribution in [2.45, 2.75) is 44.2 Å². The monoisotopic (exact) mass is 324 g/mol. The highest BCUT2D eigenvalue weighted by molar-refractivity contribution is 5.92. The minimum atomic E-state index is -0.311. The Morgan fingerprint density at radius 1 is 1.08 bits per heavy atom. The number of benzene rings is 2. The molecule has 1 unspecified atom stereocenters. The van der Waals surface area contributed by atoms with Crippen molar-refractivity contribution in [3.8, 4) is 5.75 Å². The van der Waals surface area contributed by atoms with Crippen molar-refractivity contribution < 1.29 is 9.53 Å². The van der Waals surface area contributed by atoms with E-state index < -0.39 is 0 Å². The topological polar surface area (TPSA) is 64.4 Å². The van der Waals surface area contributed by atoms with Crippen LogP contribution >= 0.6 is 0 Å². The zero-order chi connectivity index (χ0) is 16.8. The summed E-state index contributed by atoms with van der Waals surface area (Å²) in [6.45, 7) is 0. The van der Waals surface area contributed by atoms with E-state index in [4.69, 9.17) is 10.5 Å². The Kier molecular flexibility index (Phi) is 5.49. The number of amides is 1. The molecule has 1 aliphatic rings. The van der Waals surface area contributed by atoms with Crippen LogP contribution in [0.15, 0.2) is 54.6 Å². The Hall–Kier alpha value is -2.33. The van der Waals surface area contributed by atoms with Crippen LogP contribution in [-0.2, 0) is 4.79 Å². The molecule has 0 radical (unpaired) electrons. The van der Waals surface area contributed by atoms with E-state index in [0.29, 0.717) is 0 Å². The van der Waals surface area contributed by atoms with Gasteiger partial charge in [-0.05, 0) is 43.4 Å². The molecular weight excluding hydrogens is 300 g/mol. The van der Waals surface area contributed by atoms with Gasteiger partial charge >= 0.3 is 0 Å². The Morgan fingerprint density at radius 2 is 1.75 bits per heavy atom. The molecule has 2 aromatic rings. The summed E-state index contributed by atoms with van der Waals surface area (Å²) in [7, 11) is 0. The van der Waals surface area contributed by atoms with Crippen molar-refractivity contribution in [3.63, 3.8) is 0 Å². The van der Waals surface area contributed by atoms with Crippen LogP contribution in [0.25, 0.3) is 0 Å². The van der Waals surface area contributed by atoms with Gasteiger partial charge in [-0.2, -0.15) is 0 Å². The molecule has 1 amide bonds. The normalized spacial score (nSPS) is 15.9.